The van der Waals surface area contributed by atoms with Crippen molar-refractivity contribution in [3.05, 3.63) is 36.9 Å². The minimum absolute atomic E-state index is 0. The van der Waals surface area contributed by atoms with Crippen LogP contribution in [0.25, 0.3) is 36.9 Å². The number of nitrogens with one attached hydrogen (secondary N) is 1. The number of aliphatic carboxylic acids is 9. The summed E-state index contributed by atoms with van der Waals surface area (Å²) in [6.07, 6.45) is -1.47. The van der Waals surface area contributed by atoms with Crippen LogP contribution in [0.1, 0.15) is 97.8 Å². The van der Waals surface area contributed by atoms with Gasteiger partial charge in [0, 0.05) is 19.3 Å². The molecule has 0 aliphatic rings. The number of rotatable bonds is 18. The molecule has 410 valence electrons. The zero-order valence-corrected chi connectivity index (χ0v) is 47.3. The molecule has 0 radical (unpaired) electrons. The van der Waals surface area contributed by atoms with Crippen LogP contribution < -0.4 is 4.72 Å². The Balaban J connectivity index is -0.0000000304. The number of carboxylic acids is 9. The molecule has 0 amide bonds. The van der Waals surface area contributed by atoms with Crippen molar-refractivity contribution in [3.63, 3.8) is 0 Å². The monoisotopic (exact) mass is 1660 g/mol. The van der Waals surface area contributed by atoms with E-state index in [-0.39, 0.29) is 131 Å². The Morgan fingerprint density at radius 1 is 0.318 bits per heavy atom. The summed E-state index contributed by atoms with van der Waals surface area (Å²) in [5.74, 6) is -9.44. The first-order valence-electron chi connectivity index (χ1n) is 14.6. The Morgan fingerprint density at radius 2 is 0.379 bits per heavy atom. The number of Topliss-reactive ketones (excluding diaryl/α,β-unsaturated/α-hetero) is 3. The van der Waals surface area contributed by atoms with Crippen LogP contribution in [0.3, 0.4) is 0 Å². The molecule has 0 saturated heterocycles. The van der Waals surface area contributed by atoms with Gasteiger partial charge in [0.25, 0.3) is 0 Å². The Hall–Kier alpha value is -1.89. The molecule has 0 aromatic rings. The third-order valence-corrected chi connectivity index (χ3v) is 3.73. The zero-order valence-electron chi connectivity index (χ0n) is 35.0. The van der Waals surface area contributed by atoms with Crippen molar-refractivity contribution in [2.75, 3.05) is 7.05 Å². The minimum Gasteiger partial charge on any atom is -0.693 e. The number of halogens is 6. The largest absolute Gasteiger partial charge is 0.693 e. The SMILES string of the molecule is CC(=O)CCC(=O)O.CC(=O)CCC(=O)O.CC(=O)CCC(=O)O.CNS.O=C(O)CCC(=O)O.O=C(O)CCC(=O)O.O=C(O)CCC(=O)O.[Cl][Pt+2][Cl].[Cl][Pt+2][Cl].[Cl][Pt+2][Cl].[NH2-].[NH2-].[NH2-].[NH2-].[NH2-].[NH2-]. The quantitative estimate of drug-likeness (QED) is 0.0568. The van der Waals surface area contributed by atoms with Gasteiger partial charge in [0.05, 0.1) is 57.8 Å². The van der Waals surface area contributed by atoms with Crippen molar-refractivity contribution < 1.29 is 153 Å². The summed E-state index contributed by atoms with van der Waals surface area (Å²) >= 11 is 2.12. The molecular weight excluding hydrogens is 1600 g/mol. The molecule has 0 aromatic heterocycles. The minimum atomic E-state index is -1.08. The normalized spacial score (nSPS) is 7.50. The molecule has 38 heteroatoms. The molecule has 0 aliphatic heterocycles. The van der Waals surface area contributed by atoms with E-state index in [9.17, 15) is 57.5 Å². The molecule has 0 unspecified atom stereocenters. The summed E-state index contributed by atoms with van der Waals surface area (Å²) in [7, 11) is 31.0. The van der Waals surface area contributed by atoms with Crippen molar-refractivity contribution in [2.45, 2.75) is 97.8 Å². The second kappa shape index (κ2) is 97.0. The van der Waals surface area contributed by atoms with Crippen molar-refractivity contribution in [3.8, 4) is 0 Å². The second-order valence-corrected chi connectivity index (χ2v) is 19.3. The average molecular weight is 1660 g/mol. The molecule has 0 heterocycles. The van der Waals surface area contributed by atoms with E-state index in [1.165, 1.54) is 20.8 Å². The first-order valence-corrected chi connectivity index (χ1v) is 32.0. The third-order valence-electron chi connectivity index (χ3n) is 3.73. The number of nitrogens with two attached hydrogens (primary N) is 6. The molecule has 0 fully saturated rings. The van der Waals surface area contributed by atoms with Crippen LogP contribution in [0, 0.1) is 0 Å². The Morgan fingerprint density at radius 3 is 0.409 bits per heavy atom. The molecule has 0 aromatic carbocycles. The molecule has 0 aliphatic carbocycles. The van der Waals surface area contributed by atoms with Gasteiger partial charge in [0.1, 0.15) is 17.3 Å². The molecule has 0 atom stereocenters. The van der Waals surface area contributed by atoms with Crippen LogP contribution in [0.15, 0.2) is 0 Å². The smallest absolute Gasteiger partial charge is 0.693 e. The summed E-state index contributed by atoms with van der Waals surface area (Å²) < 4.78 is 2.44. The predicted molar refractivity (Wildman–Crippen MR) is 241 cm³/mol. The third kappa shape index (κ3) is 294. The second-order valence-electron chi connectivity index (χ2n) is 9.01. The fourth-order valence-electron chi connectivity index (χ4n) is 1.49. The van der Waals surface area contributed by atoms with Crippen molar-refractivity contribution in [1.29, 1.82) is 0 Å². The molecule has 0 bridgehead atoms. The average Bonchev–Trinajstić information content (AvgIpc) is 3.09. The van der Waals surface area contributed by atoms with E-state index >= 15 is 0 Å². The number of carbonyl (C=O) groups excluding carboxylic acids is 3. The van der Waals surface area contributed by atoms with E-state index in [2.05, 4.69) is 17.5 Å². The van der Waals surface area contributed by atoms with E-state index in [0.717, 1.165) is 0 Å². The molecule has 66 heavy (non-hydrogen) atoms. The van der Waals surface area contributed by atoms with E-state index < -0.39 is 103 Å². The van der Waals surface area contributed by atoms with Gasteiger partial charge in [0.2, 0.25) is 0 Å². The maximum absolute atomic E-state index is 10.1. The maximum Gasteiger partial charge on any atom is -0.693 e. The molecule has 22 N–H and O–H groups in total. The fourth-order valence-corrected chi connectivity index (χ4v) is 1.49. The van der Waals surface area contributed by atoms with Crippen LogP contribution in [0.2, 0.25) is 0 Å². The van der Waals surface area contributed by atoms with Gasteiger partial charge < -0.3 is 97.2 Å². The van der Waals surface area contributed by atoms with Crippen LogP contribution in [-0.2, 0) is 107 Å². The number of ketones is 3. The van der Waals surface area contributed by atoms with Crippen molar-refractivity contribution >= 4 is 140 Å². The summed E-state index contributed by atoms with van der Waals surface area (Å²) in [4.78, 5) is 117. The van der Waals surface area contributed by atoms with Gasteiger partial charge in [0.15, 0.2) is 0 Å². The maximum atomic E-state index is 10.1. The standard InChI is InChI=1S/3C5H8O3.3C4H6O4.CH5NS.6ClH.6H2N.3Pt/c3*1-4(6)2-3-5(7)8;3*5-3(6)1-2-4(7)8;1-2-3;;;;;;;;;;;;;;;/h3*2-3H2,1H3,(H,7,8);3*1-2H2,(H,5,6)(H,7,8);2-3H,1H3;6*1H;6*1H2;;;/q;;;;;;;;;;;;;6*-1;3*+4/p-6. The summed E-state index contributed by atoms with van der Waals surface area (Å²) in [5.41, 5.74) is 0. The predicted octanol–water partition coefficient (Wildman–Crippen LogP) is 9.61. The van der Waals surface area contributed by atoms with Gasteiger partial charge in [-0.25, -0.2) is 0 Å². The van der Waals surface area contributed by atoms with Gasteiger partial charge in [-0.3, -0.25) is 47.9 Å². The van der Waals surface area contributed by atoms with Gasteiger partial charge >= 0.3 is 160 Å². The van der Waals surface area contributed by atoms with Gasteiger partial charge in [-0.1, -0.05) is 12.8 Å². The van der Waals surface area contributed by atoms with E-state index in [1.807, 2.05) is 0 Å². The van der Waals surface area contributed by atoms with E-state index in [4.69, 9.17) is 102 Å². The molecule has 0 rings (SSSR count). The topological polar surface area (TPSA) is 600 Å². The fraction of sp³-hybridized carbons (Fsp3) is 0.571. The number of hydrogen-bond donors (Lipinski definition) is 11. The Bertz CT molecular complexity index is 912. The molecule has 0 spiro atoms. The Kier molecular flexibility index (Phi) is 162. The zero-order chi connectivity index (χ0) is 50.2. The first-order chi connectivity index (χ1) is 27.4. The number of carboxylic acid groups (broad SMARTS) is 9. The Labute approximate surface area is 436 Å². The number of hydrogen-bond acceptors (Lipinski definition) is 14. The number of thiol groups is 1. The van der Waals surface area contributed by atoms with Gasteiger partial charge in [-0.05, 0) is 27.8 Å². The van der Waals surface area contributed by atoms with E-state index in [0.29, 0.717) is 0 Å². The van der Waals surface area contributed by atoms with Crippen molar-refractivity contribution in [1.82, 2.24) is 4.72 Å². The summed E-state index contributed by atoms with van der Waals surface area (Å²) in [5, 5.41) is 71.4. The van der Waals surface area contributed by atoms with Crippen LogP contribution in [0.4, 0.5) is 0 Å². The van der Waals surface area contributed by atoms with Crippen LogP contribution in [0.5, 0.6) is 0 Å². The molecular formula is C28H59Cl6N7O21Pt3S. The summed E-state index contributed by atoms with van der Waals surface area (Å²) in [6, 6.07) is 0. The number of carbonyl (C=O) groups is 12. The van der Waals surface area contributed by atoms with Crippen LogP contribution >= 0.6 is 69.3 Å². The first kappa shape index (κ1) is 110. The molecule has 28 nitrogen and oxygen atoms in total. The van der Waals surface area contributed by atoms with Gasteiger partial charge in [-0.15, -0.1) is 0 Å². The summed E-state index contributed by atoms with van der Waals surface area (Å²) in [6.45, 7) is 4.13. The van der Waals surface area contributed by atoms with E-state index in [1.54, 1.807) is 7.05 Å². The van der Waals surface area contributed by atoms with Gasteiger partial charge in [-0.2, -0.15) is 0 Å². The molecule has 0 saturated carbocycles. The van der Waals surface area contributed by atoms with Crippen molar-refractivity contribution in [2.24, 2.45) is 0 Å². The van der Waals surface area contributed by atoms with Crippen LogP contribution in [-0.4, -0.2) is 124 Å².